The van der Waals surface area contributed by atoms with Gasteiger partial charge in [0, 0.05) is 11.6 Å². The van der Waals surface area contributed by atoms with Gasteiger partial charge in [0.15, 0.2) is 0 Å². The SMILES string of the molecule is CCc1nnc(NCc2ccc(Cl)cc2)nc1CC. The number of nitrogens with one attached hydrogen (secondary N) is 1. The zero-order valence-corrected chi connectivity index (χ0v) is 11.9. The van der Waals surface area contributed by atoms with Crippen LogP contribution in [-0.4, -0.2) is 15.2 Å². The molecule has 0 saturated heterocycles. The van der Waals surface area contributed by atoms with Crippen molar-refractivity contribution in [2.75, 3.05) is 5.32 Å². The molecule has 0 saturated carbocycles. The highest BCUT2D eigenvalue weighted by atomic mass is 35.5. The summed E-state index contributed by atoms with van der Waals surface area (Å²) in [6.07, 6.45) is 1.73. The van der Waals surface area contributed by atoms with Crippen LogP contribution >= 0.6 is 11.6 Å². The van der Waals surface area contributed by atoms with E-state index in [1.54, 1.807) is 0 Å². The standard InChI is InChI=1S/C14H17ClN4/c1-3-12-13(4-2)18-19-14(17-12)16-9-10-5-7-11(15)8-6-10/h5-8H,3-4,9H2,1-2H3,(H,16,17,19). The molecule has 1 N–H and O–H groups in total. The molecule has 0 aliphatic carbocycles. The lowest BCUT2D eigenvalue weighted by atomic mass is 10.2. The molecule has 0 bridgehead atoms. The van der Waals surface area contributed by atoms with E-state index in [0.29, 0.717) is 12.5 Å². The quantitative estimate of drug-likeness (QED) is 0.911. The number of nitrogens with zero attached hydrogens (tertiary/aromatic N) is 3. The van der Waals surface area contributed by atoms with Crippen LogP contribution in [0.4, 0.5) is 5.95 Å². The van der Waals surface area contributed by atoms with Crippen molar-refractivity contribution < 1.29 is 0 Å². The topological polar surface area (TPSA) is 50.7 Å². The Morgan fingerprint density at radius 1 is 1.00 bits per heavy atom. The predicted molar refractivity (Wildman–Crippen MR) is 77.4 cm³/mol. The number of benzene rings is 1. The molecule has 0 spiro atoms. The van der Waals surface area contributed by atoms with E-state index in [1.165, 1.54) is 0 Å². The van der Waals surface area contributed by atoms with E-state index < -0.39 is 0 Å². The fraction of sp³-hybridized carbons (Fsp3) is 0.357. The summed E-state index contributed by atoms with van der Waals surface area (Å²) in [5, 5.41) is 12.2. The van der Waals surface area contributed by atoms with Crippen LogP contribution in [0, 0.1) is 0 Å². The summed E-state index contributed by atoms with van der Waals surface area (Å²) in [6.45, 7) is 4.80. The smallest absolute Gasteiger partial charge is 0.243 e. The second-order valence-corrected chi connectivity index (χ2v) is 4.65. The second-order valence-electron chi connectivity index (χ2n) is 4.22. The summed E-state index contributed by atoms with van der Waals surface area (Å²) in [6, 6.07) is 7.69. The minimum atomic E-state index is 0.573. The van der Waals surface area contributed by atoms with Gasteiger partial charge in [-0.2, -0.15) is 5.10 Å². The normalized spacial score (nSPS) is 10.5. The third kappa shape index (κ3) is 3.64. The molecule has 0 unspecified atom stereocenters. The predicted octanol–water partition coefficient (Wildman–Crippen LogP) is 3.26. The van der Waals surface area contributed by atoms with E-state index >= 15 is 0 Å². The molecule has 0 atom stereocenters. The van der Waals surface area contributed by atoms with Crippen molar-refractivity contribution in [3.8, 4) is 0 Å². The lowest BCUT2D eigenvalue weighted by Crippen LogP contribution is -2.09. The molecule has 2 rings (SSSR count). The Bertz CT molecular complexity index is 540. The summed E-state index contributed by atoms with van der Waals surface area (Å²) < 4.78 is 0. The van der Waals surface area contributed by atoms with E-state index in [9.17, 15) is 0 Å². The fourth-order valence-corrected chi connectivity index (χ4v) is 1.92. The van der Waals surface area contributed by atoms with Gasteiger partial charge < -0.3 is 5.32 Å². The molecule has 0 amide bonds. The second kappa shape index (κ2) is 6.48. The first-order valence-electron chi connectivity index (χ1n) is 6.43. The van der Waals surface area contributed by atoms with E-state index in [-0.39, 0.29) is 0 Å². The number of anilines is 1. The van der Waals surface area contributed by atoms with Crippen LogP contribution in [-0.2, 0) is 19.4 Å². The van der Waals surface area contributed by atoms with Crippen LogP contribution in [0.1, 0.15) is 30.8 Å². The Labute approximate surface area is 118 Å². The number of hydrogen-bond donors (Lipinski definition) is 1. The molecule has 5 heteroatoms. The van der Waals surface area contributed by atoms with Gasteiger partial charge in [-0.1, -0.05) is 37.6 Å². The number of rotatable bonds is 5. The Balaban J connectivity index is 2.05. The molecule has 1 heterocycles. The summed E-state index contributed by atoms with van der Waals surface area (Å²) in [5.41, 5.74) is 3.11. The van der Waals surface area contributed by atoms with Crippen molar-refractivity contribution in [1.29, 1.82) is 0 Å². The number of hydrogen-bond acceptors (Lipinski definition) is 4. The molecule has 2 aromatic rings. The van der Waals surface area contributed by atoms with Gasteiger partial charge in [0.1, 0.15) is 0 Å². The molecule has 1 aromatic carbocycles. The third-order valence-electron chi connectivity index (χ3n) is 2.87. The van der Waals surface area contributed by atoms with E-state index in [1.807, 2.05) is 24.3 Å². The fourth-order valence-electron chi connectivity index (χ4n) is 1.80. The molecule has 0 radical (unpaired) electrons. The molecule has 4 nitrogen and oxygen atoms in total. The van der Waals surface area contributed by atoms with Crippen molar-refractivity contribution in [1.82, 2.24) is 15.2 Å². The maximum atomic E-state index is 5.85. The van der Waals surface area contributed by atoms with Gasteiger partial charge in [-0.25, -0.2) is 4.98 Å². The summed E-state index contributed by atoms with van der Waals surface area (Å²) in [5.74, 6) is 0.573. The zero-order chi connectivity index (χ0) is 13.7. The van der Waals surface area contributed by atoms with Gasteiger partial charge >= 0.3 is 0 Å². The average molecular weight is 277 g/mol. The molecule has 0 aliphatic heterocycles. The molecule has 19 heavy (non-hydrogen) atoms. The van der Waals surface area contributed by atoms with Gasteiger partial charge in [-0.15, -0.1) is 5.10 Å². The van der Waals surface area contributed by atoms with E-state index in [2.05, 4.69) is 34.3 Å². The highest BCUT2D eigenvalue weighted by Gasteiger charge is 2.05. The zero-order valence-electron chi connectivity index (χ0n) is 11.2. The number of aromatic nitrogens is 3. The van der Waals surface area contributed by atoms with Crippen LogP contribution in [0.2, 0.25) is 5.02 Å². The highest BCUT2D eigenvalue weighted by molar-refractivity contribution is 6.30. The van der Waals surface area contributed by atoms with Gasteiger partial charge in [0.05, 0.1) is 11.4 Å². The Morgan fingerprint density at radius 3 is 2.32 bits per heavy atom. The Kier molecular flexibility index (Phi) is 4.68. The first kappa shape index (κ1) is 13.7. The first-order valence-corrected chi connectivity index (χ1v) is 6.81. The number of halogens is 1. The van der Waals surface area contributed by atoms with Crippen molar-refractivity contribution in [3.63, 3.8) is 0 Å². The van der Waals surface area contributed by atoms with Crippen LogP contribution in [0.15, 0.2) is 24.3 Å². The monoisotopic (exact) mass is 276 g/mol. The maximum absolute atomic E-state index is 5.85. The van der Waals surface area contributed by atoms with Crippen LogP contribution in [0.5, 0.6) is 0 Å². The van der Waals surface area contributed by atoms with Gasteiger partial charge in [0.2, 0.25) is 5.95 Å². The third-order valence-corrected chi connectivity index (χ3v) is 3.13. The minimum Gasteiger partial charge on any atom is -0.349 e. The summed E-state index contributed by atoms with van der Waals surface area (Å²) in [4.78, 5) is 4.48. The van der Waals surface area contributed by atoms with Gasteiger partial charge in [-0.3, -0.25) is 0 Å². The molecule has 0 aliphatic rings. The number of aryl methyl sites for hydroxylation is 2. The summed E-state index contributed by atoms with van der Waals surface area (Å²) >= 11 is 5.85. The van der Waals surface area contributed by atoms with Crippen LogP contribution < -0.4 is 5.32 Å². The Hall–Kier alpha value is -1.68. The minimum absolute atomic E-state index is 0.573. The lowest BCUT2D eigenvalue weighted by molar-refractivity contribution is 0.819. The van der Waals surface area contributed by atoms with Crippen molar-refractivity contribution in [2.45, 2.75) is 33.2 Å². The van der Waals surface area contributed by atoms with E-state index in [4.69, 9.17) is 11.6 Å². The van der Waals surface area contributed by atoms with Crippen LogP contribution in [0.3, 0.4) is 0 Å². The van der Waals surface area contributed by atoms with Crippen molar-refractivity contribution in [2.24, 2.45) is 0 Å². The Morgan fingerprint density at radius 2 is 1.68 bits per heavy atom. The molecule has 100 valence electrons. The van der Waals surface area contributed by atoms with Crippen LogP contribution in [0.25, 0.3) is 0 Å². The molecular formula is C14H17ClN4. The average Bonchev–Trinajstić information content (AvgIpc) is 2.46. The van der Waals surface area contributed by atoms with E-state index in [0.717, 1.165) is 34.8 Å². The lowest BCUT2D eigenvalue weighted by Gasteiger charge is -2.07. The van der Waals surface area contributed by atoms with Gasteiger partial charge in [-0.05, 0) is 30.5 Å². The maximum Gasteiger partial charge on any atom is 0.243 e. The summed E-state index contributed by atoms with van der Waals surface area (Å²) in [7, 11) is 0. The molecular weight excluding hydrogens is 260 g/mol. The molecule has 0 fully saturated rings. The highest BCUT2D eigenvalue weighted by Crippen LogP contribution is 2.11. The largest absolute Gasteiger partial charge is 0.349 e. The first-order chi connectivity index (χ1) is 9.22. The van der Waals surface area contributed by atoms with Crippen molar-refractivity contribution >= 4 is 17.5 Å². The van der Waals surface area contributed by atoms with Gasteiger partial charge in [0.25, 0.3) is 0 Å². The van der Waals surface area contributed by atoms with Crippen molar-refractivity contribution in [3.05, 3.63) is 46.2 Å². The molecule has 1 aromatic heterocycles.